The standard InChI is InChI=1S/C46H57F2N5O5Si/c1-28(2)59(29(3)4,30(5)6)21-16-36-39(47)15-10-31-22-34(58-27-56-7)23-38(40(31)36)35-13-14-37-42(41(35)48)49-44(57-26-46-17-8-19-52(46)20-9-18-46)50-43(37)51-24-32-11-12-33(25-51)53(32)45(54)55/h10,13-15,22-23,28-30,32-33H,8-9,11-12,17-20,24-27H2,1-7H3,(H,54,55)/t32-,33+. The van der Waals surface area contributed by atoms with E-state index in [0.29, 0.717) is 69.6 Å². The molecule has 3 aromatic carbocycles. The lowest BCUT2D eigenvalue weighted by atomic mass is 9.93. The minimum absolute atomic E-state index is 0.0301. The van der Waals surface area contributed by atoms with E-state index in [9.17, 15) is 9.90 Å². The van der Waals surface area contributed by atoms with Crippen LogP contribution < -0.4 is 14.4 Å². The van der Waals surface area contributed by atoms with Gasteiger partial charge in [-0.25, -0.2) is 13.6 Å². The molecular formula is C46H57F2N5O5Si. The highest BCUT2D eigenvalue weighted by Crippen LogP contribution is 2.44. The van der Waals surface area contributed by atoms with Crippen LogP contribution in [0.25, 0.3) is 32.8 Å². The molecule has 4 aromatic rings. The number of piperazine rings is 1. The molecule has 4 fully saturated rings. The first kappa shape index (κ1) is 41.2. The Hall–Kier alpha value is -4.51. The zero-order chi connectivity index (χ0) is 41.8. The van der Waals surface area contributed by atoms with Gasteiger partial charge in [0.2, 0.25) is 0 Å². The molecule has 314 valence electrons. The molecule has 4 saturated heterocycles. The van der Waals surface area contributed by atoms with Crippen molar-refractivity contribution in [3.8, 4) is 34.4 Å². The van der Waals surface area contributed by atoms with Gasteiger partial charge in [-0.1, -0.05) is 59.6 Å². The molecule has 10 nitrogen and oxygen atoms in total. The van der Waals surface area contributed by atoms with Crippen LogP contribution in [0.4, 0.5) is 19.4 Å². The Morgan fingerprint density at radius 1 is 0.932 bits per heavy atom. The number of hydrogen-bond acceptors (Lipinski definition) is 8. The fourth-order valence-electron chi connectivity index (χ4n) is 11.2. The van der Waals surface area contributed by atoms with Crippen molar-refractivity contribution in [1.82, 2.24) is 19.8 Å². The molecular weight excluding hydrogens is 769 g/mol. The quantitative estimate of drug-likeness (QED) is 0.0901. The van der Waals surface area contributed by atoms with Crippen molar-refractivity contribution in [3.05, 3.63) is 53.6 Å². The van der Waals surface area contributed by atoms with Crippen LogP contribution in [0.1, 0.15) is 85.6 Å². The summed E-state index contributed by atoms with van der Waals surface area (Å²) in [6, 6.07) is 9.85. The van der Waals surface area contributed by atoms with E-state index in [1.54, 1.807) is 23.1 Å². The van der Waals surface area contributed by atoms with E-state index >= 15 is 8.78 Å². The van der Waals surface area contributed by atoms with Crippen molar-refractivity contribution in [2.45, 2.75) is 114 Å². The predicted octanol–water partition coefficient (Wildman–Crippen LogP) is 9.62. The number of fused-ring (bicyclic) bond motifs is 5. The molecule has 0 saturated carbocycles. The number of carboxylic acid groups (broad SMARTS) is 1. The Labute approximate surface area is 347 Å². The van der Waals surface area contributed by atoms with Crippen LogP contribution in [-0.4, -0.2) is 103 Å². The average Bonchev–Trinajstić information content (AvgIpc) is 3.87. The molecule has 4 aliphatic rings. The van der Waals surface area contributed by atoms with Gasteiger partial charge in [0.25, 0.3) is 0 Å². The highest BCUT2D eigenvalue weighted by atomic mass is 28.3. The second-order valence-corrected chi connectivity index (χ2v) is 23.6. The van der Waals surface area contributed by atoms with Crippen molar-refractivity contribution in [3.63, 3.8) is 0 Å². The average molecular weight is 826 g/mol. The van der Waals surface area contributed by atoms with Gasteiger partial charge in [0.15, 0.2) is 12.6 Å². The van der Waals surface area contributed by atoms with Crippen LogP contribution in [0.3, 0.4) is 0 Å². The molecule has 2 bridgehead atoms. The van der Waals surface area contributed by atoms with Crippen LogP contribution in [0, 0.1) is 23.1 Å². The first-order valence-electron chi connectivity index (χ1n) is 21.3. The molecule has 13 heteroatoms. The lowest BCUT2D eigenvalue weighted by Crippen LogP contribution is -2.55. The zero-order valence-corrected chi connectivity index (χ0v) is 36.4. The number of ether oxygens (including phenoxy) is 3. The summed E-state index contributed by atoms with van der Waals surface area (Å²) in [7, 11) is -0.752. The van der Waals surface area contributed by atoms with Gasteiger partial charge in [-0.2, -0.15) is 9.97 Å². The number of carbonyl (C=O) groups is 1. The molecule has 0 aliphatic carbocycles. The SMILES string of the molecule is COCOc1cc(-c2ccc3c(N4C[C@H]5CC[C@@H](C4)N5C(=O)O)nc(OCC45CCCN4CCC5)nc3c2F)c2c(C#C[Si](C(C)C)(C(C)C)C(C)C)c(F)ccc2c1. The van der Waals surface area contributed by atoms with Crippen LogP contribution in [0.2, 0.25) is 16.6 Å². The maximum Gasteiger partial charge on any atom is 0.407 e. The predicted molar refractivity (Wildman–Crippen MR) is 230 cm³/mol. The number of halogens is 2. The topological polar surface area (TPSA) is 100 Å². The Morgan fingerprint density at radius 2 is 1.61 bits per heavy atom. The molecule has 5 heterocycles. The van der Waals surface area contributed by atoms with Gasteiger partial charge >= 0.3 is 12.1 Å². The molecule has 1 amide bonds. The third-order valence-electron chi connectivity index (χ3n) is 14.0. The van der Waals surface area contributed by atoms with E-state index in [4.69, 9.17) is 24.2 Å². The summed E-state index contributed by atoms with van der Waals surface area (Å²) in [5.41, 5.74) is 5.54. The molecule has 8 rings (SSSR count). The summed E-state index contributed by atoms with van der Waals surface area (Å²) in [6.07, 6.45) is 4.84. The minimum Gasteiger partial charge on any atom is -0.468 e. The fraction of sp³-hybridized carbons (Fsp3) is 0.543. The number of amides is 1. The number of rotatable bonds is 11. The number of anilines is 1. The van der Waals surface area contributed by atoms with Gasteiger partial charge in [-0.05, 0) is 103 Å². The molecule has 0 radical (unpaired) electrons. The van der Waals surface area contributed by atoms with Crippen molar-refractivity contribution >= 4 is 41.7 Å². The molecule has 2 atom stereocenters. The molecule has 1 N–H and O–H groups in total. The number of aromatic nitrogens is 2. The largest absolute Gasteiger partial charge is 0.468 e. The van der Waals surface area contributed by atoms with E-state index in [-0.39, 0.29) is 47.1 Å². The first-order chi connectivity index (χ1) is 28.3. The third kappa shape index (κ3) is 7.18. The van der Waals surface area contributed by atoms with Crippen LogP contribution in [0.5, 0.6) is 11.8 Å². The Bertz CT molecular complexity index is 2280. The highest BCUT2D eigenvalue weighted by Gasteiger charge is 2.46. The Balaban J connectivity index is 1.31. The molecule has 1 aromatic heterocycles. The second kappa shape index (κ2) is 16.2. The lowest BCUT2D eigenvalue weighted by molar-refractivity contribution is 0.0512. The summed E-state index contributed by atoms with van der Waals surface area (Å²) in [6.45, 7) is 16.6. The van der Waals surface area contributed by atoms with E-state index < -0.39 is 25.8 Å². The van der Waals surface area contributed by atoms with Crippen molar-refractivity contribution < 1.29 is 32.9 Å². The summed E-state index contributed by atoms with van der Waals surface area (Å²) in [5, 5.41) is 11.6. The van der Waals surface area contributed by atoms with Crippen LogP contribution in [0.15, 0.2) is 36.4 Å². The lowest BCUT2D eigenvalue weighted by Gasteiger charge is -2.40. The molecule has 0 unspecified atom stereocenters. The van der Waals surface area contributed by atoms with Gasteiger partial charge in [0.1, 0.15) is 37.6 Å². The van der Waals surface area contributed by atoms with Gasteiger partial charge < -0.3 is 24.2 Å². The van der Waals surface area contributed by atoms with Crippen LogP contribution >= 0.6 is 0 Å². The van der Waals surface area contributed by atoms with E-state index in [1.807, 2.05) is 12.1 Å². The Kier molecular flexibility index (Phi) is 11.3. The number of hydrogen-bond donors (Lipinski definition) is 1. The third-order valence-corrected chi connectivity index (χ3v) is 20.3. The highest BCUT2D eigenvalue weighted by molar-refractivity contribution is 6.90. The van der Waals surface area contributed by atoms with Crippen LogP contribution in [-0.2, 0) is 4.74 Å². The summed E-state index contributed by atoms with van der Waals surface area (Å²) >= 11 is 0. The fourth-order valence-corrected chi connectivity index (χ4v) is 16.5. The van der Waals surface area contributed by atoms with Gasteiger partial charge in [-0.15, -0.1) is 5.54 Å². The molecule has 59 heavy (non-hydrogen) atoms. The van der Waals surface area contributed by atoms with Crippen molar-refractivity contribution in [2.24, 2.45) is 0 Å². The van der Waals surface area contributed by atoms with E-state index in [1.165, 1.54) is 13.2 Å². The monoisotopic (exact) mass is 825 g/mol. The van der Waals surface area contributed by atoms with E-state index in [0.717, 1.165) is 51.6 Å². The summed E-state index contributed by atoms with van der Waals surface area (Å²) in [5.74, 6) is 3.24. The van der Waals surface area contributed by atoms with E-state index in [2.05, 4.69) is 62.8 Å². The Morgan fingerprint density at radius 3 is 2.24 bits per heavy atom. The second-order valence-electron chi connectivity index (χ2n) is 18.0. The van der Waals surface area contributed by atoms with Gasteiger partial charge in [0, 0.05) is 36.5 Å². The van der Waals surface area contributed by atoms with Gasteiger partial charge in [-0.3, -0.25) is 9.80 Å². The van der Waals surface area contributed by atoms with Crippen molar-refractivity contribution in [1.29, 1.82) is 0 Å². The van der Waals surface area contributed by atoms with Gasteiger partial charge in [0.05, 0.1) is 23.2 Å². The smallest absolute Gasteiger partial charge is 0.407 e. The number of nitrogens with zero attached hydrogens (tertiary/aromatic N) is 5. The minimum atomic E-state index is -2.28. The maximum absolute atomic E-state index is 17.8. The number of methoxy groups -OCH3 is 1. The first-order valence-corrected chi connectivity index (χ1v) is 23.6. The zero-order valence-electron chi connectivity index (χ0n) is 35.4. The normalized spacial score (nSPS) is 20.3. The molecule has 0 spiro atoms. The maximum atomic E-state index is 17.8. The molecule has 4 aliphatic heterocycles. The number of benzene rings is 3. The summed E-state index contributed by atoms with van der Waals surface area (Å²) in [4.78, 5) is 28.1. The summed E-state index contributed by atoms with van der Waals surface area (Å²) < 4.78 is 51.7. The van der Waals surface area contributed by atoms with Crippen molar-refractivity contribution in [2.75, 3.05) is 51.6 Å².